The number of Topliss-reactive ketones (excluding diaryl/α,β-unsaturated/α-hetero) is 1. The smallest absolute Gasteiger partial charge is 0.191 e. The molecule has 0 saturated heterocycles. The number of ether oxygens (including phenoxy) is 1. The number of nitrogens with two attached hydrogens (primary N) is 1. The first-order valence-electron chi connectivity index (χ1n) is 4.04. The molecule has 0 aromatic heterocycles. The molecular formula is C9H7F2NO2. The summed E-state index contributed by atoms with van der Waals surface area (Å²) >= 11 is 0. The van der Waals surface area contributed by atoms with Gasteiger partial charge in [-0.1, -0.05) is 0 Å². The summed E-state index contributed by atoms with van der Waals surface area (Å²) in [5, 5.41) is 0. The SMILES string of the molecule is Nc1c(F)cc2c(c1F)OCCC2=O. The number of hydrogen-bond acceptors (Lipinski definition) is 3. The van der Waals surface area contributed by atoms with Crippen molar-refractivity contribution in [3.63, 3.8) is 0 Å². The van der Waals surface area contributed by atoms with Crippen LogP contribution in [-0.4, -0.2) is 12.4 Å². The van der Waals surface area contributed by atoms with Crippen molar-refractivity contribution in [3.05, 3.63) is 23.3 Å². The molecule has 2 N–H and O–H groups in total. The van der Waals surface area contributed by atoms with Crippen molar-refractivity contribution in [2.75, 3.05) is 12.3 Å². The lowest BCUT2D eigenvalue weighted by atomic mass is 10.0. The third-order valence-corrected chi connectivity index (χ3v) is 2.08. The summed E-state index contributed by atoms with van der Waals surface area (Å²) in [6.07, 6.45) is 0.135. The van der Waals surface area contributed by atoms with E-state index in [1.807, 2.05) is 0 Å². The predicted octanol–water partition coefficient (Wildman–Crippen LogP) is 1.51. The van der Waals surface area contributed by atoms with Gasteiger partial charge in [0.25, 0.3) is 0 Å². The summed E-state index contributed by atoms with van der Waals surface area (Å²) in [6, 6.07) is 0.912. The number of anilines is 1. The van der Waals surface area contributed by atoms with Gasteiger partial charge in [-0.2, -0.15) is 0 Å². The molecule has 74 valence electrons. The van der Waals surface area contributed by atoms with Crippen LogP contribution in [0.15, 0.2) is 6.07 Å². The molecule has 0 spiro atoms. The Bertz CT molecular complexity index is 418. The van der Waals surface area contributed by atoms with E-state index in [-0.39, 0.29) is 30.1 Å². The first kappa shape index (κ1) is 8.93. The Morgan fingerprint density at radius 3 is 2.86 bits per heavy atom. The van der Waals surface area contributed by atoms with Crippen LogP contribution in [0.2, 0.25) is 0 Å². The van der Waals surface area contributed by atoms with Crippen LogP contribution in [0, 0.1) is 11.6 Å². The molecule has 1 aromatic carbocycles. The third kappa shape index (κ3) is 1.13. The first-order valence-corrected chi connectivity index (χ1v) is 4.04. The van der Waals surface area contributed by atoms with Gasteiger partial charge < -0.3 is 10.5 Å². The van der Waals surface area contributed by atoms with Crippen molar-refractivity contribution in [1.29, 1.82) is 0 Å². The summed E-state index contributed by atoms with van der Waals surface area (Å²) < 4.78 is 31.2. The molecule has 0 aliphatic carbocycles. The zero-order valence-corrected chi connectivity index (χ0v) is 7.14. The monoisotopic (exact) mass is 199 g/mol. The number of rotatable bonds is 0. The highest BCUT2D eigenvalue weighted by atomic mass is 19.1. The molecular weight excluding hydrogens is 192 g/mol. The Balaban J connectivity index is 2.69. The number of nitrogen functional groups attached to an aromatic ring is 1. The molecule has 1 aliphatic rings. The Morgan fingerprint density at radius 1 is 1.43 bits per heavy atom. The summed E-state index contributed by atoms with van der Waals surface area (Å²) in [5.74, 6) is -2.49. The highest BCUT2D eigenvalue weighted by Crippen LogP contribution is 2.33. The van der Waals surface area contributed by atoms with Crippen molar-refractivity contribution in [2.24, 2.45) is 0 Å². The lowest BCUT2D eigenvalue weighted by molar-refractivity contribution is 0.0929. The van der Waals surface area contributed by atoms with E-state index in [0.29, 0.717) is 0 Å². The standard InChI is InChI=1S/C9H7F2NO2/c10-5-3-4-6(13)1-2-14-9(4)7(11)8(5)12/h3H,1-2,12H2. The van der Waals surface area contributed by atoms with Gasteiger partial charge in [0, 0.05) is 6.42 Å². The topological polar surface area (TPSA) is 52.3 Å². The average molecular weight is 199 g/mol. The maximum Gasteiger partial charge on any atom is 0.191 e. The van der Waals surface area contributed by atoms with Gasteiger partial charge in [0.1, 0.15) is 11.5 Å². The van der Waals surface area contributed by atoms with E-state index in [1.165, 1.54) is 0 Å². The Labute approximate surface area is 78.5 Å². The zero-order chi connectivity index (χ0) is 10.3. The molecule has 0 amide bonds. The minimum absolute atomic E-state index is 0.0690. The molecule has 1 aliphatic heterocycles. The van der Waals surface area contributed by atoms with E-state index in [0.717, 1.165) is 6.07 Å². The zero-order valence-electron chi connectivity index (χ0n) is 7.14. The molecule has 5 heteroatoms. The average Bonchev–Trinajstić information content (AvgIpc) is 2.17. The van der Waals surface area contributed by atoms with E-state index < -0.39 is 17.3 Å². The van der Waals surface area contributed by atoms with Crippen LogP contribution in [0.3, 0.4) is 0 Å². The van der Waals surface area contributed by atoms with E-state index >= 15 is 0 Å². The fourth-order valence-corrected chi connectivity index (χ4v) is 1.34. The second-order valence-electron chi connectivity index (χ2n) is 2.98. The second-order valence-corrected chi connectivity index (χ2v) is 2.98. The molecule has 0 fully saturated rings. The van der Waals surface area contributed by atoms with E-state index in [9.17, 15) is 13.6 Å². The number of carbonyl (C=O) groups is 1. The van der Waals surface area contributed by atoms with Gasteiger partial charge in [-0.15, -0.1) is 0 Å². The van der Waals surface area contributed by atoms with Crippen molar-refractivity contribution < 1.29 is 18.3 Å². The number of benzene rings is 1. The van der Waals surface area contributed by atoms with Crippen LogP contribution in [0.25, 0.3) is 0 Å². The molecule has 1 heterocycles. The van der Waals surface area contributed by atoms with Gasteiger partial charge in [0.2, 0.25) is 0 Å². The Hall–Kier alpha value is -1.65. The summed E-state index contributed by atoms with van der Waals surface area (Å²) in [6.45, 7) is 0.105. The first-order chi connectivity index (χ1) is 6.61. The summed E-state index contributed by atoms with van der Waals surface area (Å²) in [5.41, 5.74) is 4.43. The fraction of sp³-hybridized carbons (Fsp3) is 0.222. The highest BCUT2D eigenvalue weighted by Gasteiger charge is 2.25. The van der Waals surface area contributed by atoms with Crippen LogP contribution in [-0.2, 0) is 0 Å². The second kappa shape index (κ2) is 2.94. The van der Waals surface area contributed by atoms with Crippen LogP contribution in [0.5, 0.6) is 5.75 Å². The largest absolute Gasteiger partial charge is 0.489 e. The van der Waals surface area contributed by atoms with Gasteiger partial charge in [0.15, 0.2) is 17.3 Å². The molecule has 0 atom stereocenters. The van der Waals surface area contributed by atoms with Gasteiger partial charge in [0.05, 0.1) is 12.2 Å². The number of fused-ring (bicyclic) bond motifs is 1. The Kier molecular flexibility index (Phi) is 1.87. The molecule has 0 radical (unpaired) electrons. The maximum atomic E-state index is 13.3. The number of hydrogen-bond donors (Lipinski definition) is 1. The van der Waals surface area contributed by atoms with Gasteiger partial charge in [-0.05, 0) is 6.07 Å². The highest BCUT2D eigenvalue weighted by molar-refractivity contribution is 6.00. The van der Waals surface area contributed by atoms with E-state index in [1.54, 1.807) is 0 Å². The third-order valence-electron chi connectivity index (χ3n) is 2.08. The van der Waals surface area contributed by atoms with E-state index in [2.05, 4.69) is 0 Å². The van der Waals surface area contributed by atoms with Crippen molar-refractivity contribution in [2.45, 2.75) is 6.42 Å². The molecule has 0 unspecified atom stereocenters. The fourth-order valence-electron chi connectivity index (χ4n) is 1.34. The normalized spacial score (nSPS) is 14.9. The van der Waals surface area contributed by atoms with Crippen molar-refractivity contribution in [3.8, 4) is 5.75 Å². The lowest BCUT2D eigenvalue weighted by Gasteiger charge is -2.17. The van der Waals surface area contributed by atoms with Crippen molar-refractivity contribution >= 4 is 11.5 Å². The molecule has 3 nitrogen and oxygen atoms in total. The number of ketones is 1. The summed E-state index contributed by atoms with van der Waals surface area (Å²) in [7, 11) is 0. The minimum Gasteiger partial charge on any atom is -0.489 e. The van der Waals surface area contributed by atoms with E-state index in [4.69, 9.17) is 10.5 Å². The lowest BCUT2D eigenvalue weighted by Crippen LogP contribution is -2.18. The summed E-state index contributed by atoms with van der Waals surface area (Å²) in [4.78, 5) is 11.2. The molecule has 0 saturated carbocycles. The minimum atomic E-state index is -0.993. The molecule has 0 bridgehead atoms. The number of halogens is 2. The van der Waals surface area contributed by atoms with Crippen LogP contribution in [0.4, 0.5) is 14.5 Å². The van der Waals surface area contributed by atoms with Crippen LogP contribution >= 0.6 is 0 Å². The molecule has 14 heavy (non-hydrogen) atoms. The molecule has 2 rings (SSSR count). The van der Waals surface area contributed by atoms with Crippen molar-refractivity contribution in [1.82, 2.24) is 0 Å². The van der Waals surface area contributed by atoms with Gasteiger partial charge in [-0.3, -0.25) is 4.79 Å². The Morgan fingerprint density at radius 2 is 2.14 bits per heavy atom. The number of carbonyl (C=O) groups excluding carboxylic acids is 1. The van der Waals surface area contributed by atoms with Crippen LogP contribution in [0.1, 0.15) is 16.8 Å². The molecule has 1 aromatic rings. The maximum absolute atomic E-state index is 13.3. The quantitative estimate of drug-likeness (QED) is 0.644. The predicted molar refractivity (Wildman–Crippen MR) is 45.2 cm³/mol. The van der Waals surface area contributed by atoms with Gasteiger partial charge in [-0.25, -0.2) is 8.78 Å². The van der Waals surface area contributed by atoms with Gasteiger partial charge >= 0.3 is 0 Å². The van der Waals surface area contributed by atoms with Crippen LogP contribution < -0.4 is 10.5 Å².